The topological polar surface area (TPSA) is 52.6 Å². The number of methoxy groups -OCH3 is 1. The van der Waals surface area contributed by atoms with Gasteiger partial charge in [-0.15, -0.1) is 0 Å². The normalized spacial score (nSPS) is 12.0. The highest BCUT2D eigenvalue weighted by molar-refractivity contribution is 7.87. The van der Waals surface area contributed by atoms with Crippen molar-refractivity contribution < 1.29 is 30.5 Å². The summed E-state index contributed by atoms with van der Waals surface area (Å²) in [4.78, 5) is -1.01. The molecule has 0 aliphatic rings. The summed E-state index contributed by atoms with van der Waals surface area (Å²) in [7, 11) is -3.27. The van der Waals surface area contributed by atoms with Crippen LogP contribution in [0.15, 0.2) is 47.4 Å². The van der Waals surface area contributed by atoms with E-state index in [1.165, 1.54) is 31.4 Å². The average Bonchev–Trinajstić information content (AvgIpc) is 2.46. The van der Waals surface area contributed by atoms with Crippen molar-refractivity contribution in [1.29, 1.82) is 0 Å². The zero-order chi connectivity index (χ0) is 17.3. The first-order valence-electron chi connectivity index (χ1n) is 6.09. The molecule has 0 unspecified atom stereocenters. The van der Waals surface area contributed by atoms with E-state index in [0.29, 0.717) is 11.8 Å². The molecule has 0 N–H and O–H groups in total. The van der Waals surface area contributed by atoms with Crippen LogP contribution < -0.4 is 8.92 Å². The fraction of sp³-hybridized carbons (Fsp3) is 0.143. The van der Waals surface area contributed by atoms with Gasteiger partial charge < -0.3 is 8.92 Å². The van der Waals surface area contributed by atoms with E-state index in [9.17, 15) is 21.6 Å². The molecule has 23 heavy (non-hydrogen) atoms. The third kappa shape index (κ3) is 4.08. The summed E-state index contributed by atoms with van der Waals surface area (Å²) >= 11 is 5.52. The number of benzene rings is 2. The molecular formula is C14H10ClF3O4S. The molecule has 4 nitrogen and oxygen atoms in total. The van der Waals surface area contributed by atoms with Crippen molar-refractivity contribution in [3.63, 3.8) is 0 Å². The fourth-order valence-corrected chi connectivity index (χ4v) is 3.05. The molecule has 9 heteroatoms. The van der Waals surface area contributed by atoms with E-state index in [2.05, 4.69) is 0 Å². The van der Waals surface area contributed by atoms with Crippen LogP contribution in [0.3, 0.4) is 0 Å². The van der Waals surface area contributed by atoms with Crippen molar-refractivity contribution in [3.05, 3.63) is 53.1 Å². The second-order valence-corrected chi connectivity index (χ2v) is 6.30. The van der Waals surface area contributed by atoms with Gasteiger partial charge in [0.05, 0.1) is 12.7 Å². The molecule has 0 aromatic heterocycles. The third-order valence-electron chi connectivity index (χ3n) is 2.78. The van der Waals surface area contributed by atoms with E-state index >= 15 is 0 Å². The molecule has 2 aromatic carbocycles. The van der Waals surface area contributed by atoms with Gasteiger partial charge in [-0.25, -0.2) is 0 Å². The van der Waals surface area contributed by atoms with Crippen LogP contribution >= 0.6 is 11.6 Å². The van der Waals surface area contributed by atoms with Crippen molar-refractivity contribution in [3.8, 4) is 11.5 Å². The number of alkyl halides is 3. The first kappa shape index (κ1) is 17.4. The van der Waals surface area contributed by atoms with E-state index < -0.39 is 26.8 Å². The second-order valence-electron chi connectivity index (χ2n) is 4.35. The quantitative estimate of drug-likeness (QED) is 0.763. The molecule has 0 aliphatic carbocycles. The predicted molar refractivity (Wildman–Crippen MR) is 77.3 cm³/mol. The molecule has 0 aliphatic heterocycles. The lowest BCUT2D eigenvalue weighted by atomic mass is 10.2. The van der Waals surface area contributed by atoms with Gasteiger partial charge in [0.2, 0.25) is 0 Å². The monoisotopic (exact) mass is 366 g/mol. The molecule has 2 aromatic rings. The number of halogens is 4. The summed E-state index contributed by atoms with van der Waals surface area (Å²) in [6, 6.07) is 7.69. The van der Waals surface area contributed by atoms with E-state index in [1.807, 2.05) is 0 Å². The minimum atomic E-state index is -4.89. The molecule has 124 valence electrons. The van der Waals surface area contributed by atoms with E-state index in [-0.39, 0.29) is 10.8 Å². The van der Waals surface area contributed by atoms with Gasteiger partial charge in [0.25, 0.3) is 0 Å². The lowest BCUT2D eigenvalue weighted by Crippen LogP contribution is -2.17. The highest BCUT2D eigenvalue weighted by Gasteiger charge is 2.38. The van der Waals surface area contributed by atoms with Crippen LogP contribution in [0, 0.1) is 0 Å². The minimum absolute atomic E-state index is 0.145. The Balaban J connectivity index is 2.43. The molecule has 0 spiro atoms. The van der Waals surface area contributed by atoms with Gasteiger partial charge in [0, 0.05) is 5.02 Å². The van der Waals surface area contributed by atoms with Crippen molar-refractivity contribution in [2.24, 2.45) is 0 Å². The molecule has 0 heterocycles. The summed E-state index contributed by atoms with van der Waals surface area (Å²) in [6.45, 7) is 0. The molecule has 0 saturated carbocycles. The lowest BCUT2D eigenvalue weighted by Gasteiger charge is -2.14. The average molecular weight is 367 g/mol. The molecule has 0 radical (unpaired) electrons. The Kier molecular flexibility index (Phi) is 4.76. The first-order chi connectivity index (χ1) is 10.6. The molecule has 0 fully saturated rings. The zero-order valence-electron chi connectivity index (χ0n) is 11.6. The largest absolute Gasteiger partial charge is 0.497 e. The predicted octanol–water partition coefficient (Wildman–Crippen LogP) is 4.14. The number of rotatable bonds is 4. The molecule has 2 rings (SSSR count). The summed E-state index contributed by atoms with van der Waals surface area (Å²) in [5, 5.41) is -0.235. The highest BCUT2D eigenvalue weighted by atomic mass is 35.5. The smallest absolute Gasteiger partial charge is 0.417 e. The maximum atomic E-state index is 13.0. The fourth-order valence-electron chi connectivity index (χ4n) is 1.74. The number of ether oxygens (including phenoxy) is 1. The summed E-state index contributed by atoms with van der Waals surface area (Å²) < 4.78 is 72.9. The molecular weight excluding hydrogens is 357 g/mol. The van der Waals surface area contributed by atoms with Gasteiger partial charge in [-0.2, -0.15) is 21.6 Å². The lowest BCUT2D eigenvalue weighted by molar-refractivity contribution is -0.139. The number of hydrogen-bond donors (Lipinski definition) is 0. The van der Waals surface area contributed by atoms with Gasteiger partial charge in [0.15, 0.2) is 0 Å². The maximum absolute atomic E-state index is 13.0. The summed E-state index contributed by atoms with van der Waals surface area (Å²) in [5.41, 5.74) is -1.39. The van der Waals surface area contributed by atoms with Crippen LogP contribution in [0.5, 0.6) is 11.5 Å². The van der Waals surface area contributed by atoms with Crippen LogP contribution in [0.25, 0.3) is 0 Å². The van der Waals surface area contributed by atoms with Crippen LogP contribution in [0.4, 0.5) is 13.2 Å². The molecule has 0 saturated heterocycles. The molecule has 0 amide bonds. The minimum Gasteiger partial charge on any atom is -0.497 e. The Labute approximate surface area is 135 Å². The van der Waals surface area contributed by atoms with Gasteiger partial charge >= 0.3 is 16.3 Å². The third-order valence-corrected chi connectivity index (χ3v) is 4.32. The van der Waals surface area contributed by atoms with Crippen molar-refractivity contribution in [2.45, 2.75) is 11.1 Å². The van der Waals surface area contributed by atoms with Crippen LogP contribution in [-0.4, -0.2) is 15.5 Å². The Morgan fingerprint density at radius 1 is 1.00 bits per heavy atom. The SMILES string of the molecule is COc1ccc(OS(=O)(=O)c2ccc(Cl)cc2C(F)(F)F)cc1. The van der Waals surface area contributed by atoms with E-state index in [4.69, 9.17) is 20.5 Å². The summed E-state index contributed by atoms with van der Waals surface area (Å²) in [6.07, 6.45) is -4.89. The highest BCUT2D eigenvalue weighted by Crippen LogP contribution is 2.36. The van der Waals surface area contributed by atoms with Gasteiger partial charge in [0.1, 0.15) is 16.4 Å². The van der Waals surface area contributed by atoms with Crippen molar-refractivity contribution in [2.75, 3.05) is 7.11 Å². The Morgan fingerprint density at radius 2 is 1.57 bits per heavy atom. The van der Waals surface area contributed by atoms with E-state index in [1.54, 1.807) is 0 Å². The Bertz CT molecular complexity index is 802. The molecule has 0 atom stereocenters. The van der Waals surface area contributed by atoms with Gasteiger partial charge in [-0.05, 0) is 42.5 Å². The Hall–Kier alpha value is -1.93. The van der Waals surface area contributed by atoms with Gasteiger partial charge in [-0.3, -0.25) is 0 Å². The standard InChI is InChI=1S/C14H10ClF3O4S/c1-21-10-3-5-11(6-4-10)22-23(19,20)13-7-2-9(15)8-12(13)14(16,17)18/h2-8H,1H3. The van der Waals surface area contributed by atoms with Gasteiger partial charge in [-0.1, -0.05) is 11.6 Å². The first-order valence-corrected chi connectivity index (χ1v) is 7.87. The Morgan fingerprint density at radius 3 is 2.09 bits per heavy atom. The van der Waals surface area contributed by atoms with Crippen LogP contribution in [-0.2, 0) is 16.3 Å². The van der Waals surface area contributed by atoms with Crippen molar-refractivity contribution >= 4 is 21.7 Å². The van der Waals surface area contributed by atoms with Crippen LogP contribution in [0.1, 0.15) is 5.56 Å². The maximum Gasteiger partial charge on any atom is 0.417 e. The molecule has 0 bridgehead atoms. The van der Waals surface area contributed by atoms with Crippen molar-refractivity contribution in [1.82, 2.24) is 0 Å². The second kappa shape index (κ2) is 6.29. The number of hydrogen-bond acceptors (Lipinski definition) is 4. The zero-order valence-corrected chi connectivity index (χ0v) is 13.2. The van der Waals surface area contributed by atoms with Crippen LogP contribution in [0.2, 0.25) is 5.02 Å². The summed E-state index contributed by atoms with van der Waals surface area (Å²) in [5.74, 6) is 0.297. The van der Waals surface area contributed by atoms with E-state index in [0.717, 1.165) is 12.1 Å².